The predicted octanol–water partition coefficient (Wildman–Crippen LogP) is 3.97. The molecule has 0 aliphatic heterocycles. The number of fused-ring (bicyclic) bond motifs is 1. The van der Waals surface area contributed by atoms with E-state index in [1.54, 1.807) is 6.92 Å². The molecule has 0 amide bonds. The van der Waals surface area contributed by atoms with Crippen molar-refractivity contribution in [1.29, 1.82) is 0 Å². The van der Waals surface area contributed by atoms with Crippen molar-refractivity contribution in [2.45, 2.75) is 51.6 Å². The lowest BCUT2D eigenvalue weighted by molar-refractivity contribution is -0.158. The summed E-state index contributed by atoms with van der Waals surface area (Å²) >= 11 is 0. The number of carbonyl (C=O) groups is 2. The van der Waals surface area contributed by atoms with E-state index in [9.17, 15) is 9.59 Å². The first-order valence-electron chi connectivity index (χ1n) is 11.9. The van der Waals surface area contributed by atoms with Crippen LogP contribution in [-0.2, 0) is 25.8 Å². The molecule has 1 atom stereocenters. The zero-order valence-electron chi connectivity index (χ0n) is 20.3. The number of ether oxygens (including phenoxy) is 1. The maximum Gasteiger partial charge on any atom is 0.345 e. The van der Waals surface area contributed by atoms with E-state index in [4.69, 9.17) is 9.16 Å². The van der Waals surface area contributed by atoms with Crippen LogP contribution in [0.2, 0.25) is 0 Å². The molecule has 0 N–H and O–H groups in total. The molecule has 0 aromatic heterocycles. The fourth-order valence-electron chi connectivity index (χ4n) is 4.79. The lowest BCUT2D eigenvalue weighted by atomic mass is 9.73. The SMILES string of the molecule is CCOC(=O)C1(O[SiH](c2ccccc2)c2ccccc2)CCc2c(cccc2C(C)(C)C)C1=O. The number of rotatable bonds is 6. The van der Waals surface area contributed by atoms with Crippen LogP contribution in [-0.4, -0.2) is 33.0 Å². The number of carbonyl (C=O) groups excluding carboxylic acids is 2. The molecular weight excluding hydrogens is 440 g/mol. The Morgan fingerprint density at radius 3 is 2.03 bits per heavy atom. The van der Waals surface area contributed by atoms with Gasteiger partial charge in [0.15, 0.2) is 0 Å². The van der Waals surface area contributed by atoms with E-state index in [0.29, 0.717) is 12.0 Å². The van der Waals surface area contributed by atoms with Crippen LogP contribution in [0.15, 0.2) is 78.9 Å². The first-order chi connectivity index (χ1) is 16.3. The Morgan fingerprint density at radius 1 is 0.912 bits per heavy atom. The molecule has 0 saturated carbocycles. The highest BCUT2D eigenvalue weighted by atomic mass is 28.3. The van der Waals surface area contributed by atoms with Gasteiger partial charge in [-0.15, -0.1) is 0 Å². The van der Waals surface area contributed by atoms with Crippen LogP contribution >= 0.6 is 0 Å². The highest BCUT2D eigenvalue weighted by molar-refractivity contribution is 6.80. The van der Waals surface area contributed by atoms with E-state index in [0.717, 1.165) is 21.5 Å². The second-order valence-corrected chi connectivity index (χ2v) is 12.1. The van der Waals surface area contributed by atoms with Crippen LogP contribution in [0.1, 0.15) is 55.6 Å². The third-order valence-corrected chi connectivity index (χ3v) is 9.07. The van der Waals surface area contributed by atoms with Gasteiger partial charge >= 0.3 is 5.97 Å². The normalized spacial score (nSPS) is 18.0. The minimum atomic E-state index is -2.39. The molecule has 0 saturated heterocycles. The largest absolute Gasteiger partial charge is 0.464 e. The Balaban J connectivity index is 1.84. The van der Waals surface area contributed by atoms with Crippen molar-refractivity contribution >= 4 is 31.2 Å². The standard InChI is InChI=1S/C29H32O4Si/c1-5-32-27(31)29(20-19-23-24(26(29)30)17-12-18-25(23)28(2,3)4)33-34(21-13-8-6-9-14-21)22-15-10-7-11-16-22/h6-18,34H,5,19-20H2,1-4H3. The molecule has 176 valence electrons. The first kappa shape index (κ1) is 24.1. The summed E-state index contributed by atoms with van der Waals surface area (Å²) in [6.45, 7) is 8.38. The zero-order valence-corrected chi connectivity index (χ0v) is 21.5. The average Bonchev–Trinajstić information content (AvgIpc) is 2.84. The van der Waals surface area contributed by atoms with Crippen molar-refractivity contribution in [2.24, 2.45) is 0 Å². The number of hydrogen-bond donors (Lipinski definition) is 0. The molecule has 4 rings (SSSR count). The smallest absolute Gasteiger partial charge is 0.345 e. The molecule has 34 heavy (non-hydrogen) atoms. The van der Waals surface area contributed by atoms with Gasteiger partial charge in [0.2, 0.25) is 20.4 Å². The average molecular weight is 473 g/mol. The number of Topliss-reactive ketones (excluding diaryl/α,β-unsaturated/α-hetero) is 1. The van der Waals surface area contributed by atoms with Crippen LogP contribution < -0.4 is 10.4 Å². The molecule has 0 radical (unpaired) electrons. The summed E-state index contributed by atoms with van der Waals surface area (Å²) in [5.74, 6) is -0.876. The summed E-state index contributed by atoms with van der Waals surface area (Å²) in [5, 5.41) is 2.03. The summed E-state index contributed by atoms with van der Waals surface area (Å²) < 4.78 is 12.3. The maximum atomic E-state index is 14.1. The lowest BCUT2D eigenvalue weighted by Crippen LogP contribution is -2.60. The Morgan fingerprint density at radius 2 is 1.50 bits per heavy atom. The van der Waals surface area contributed by atoms with Crippen molar-refractivity contribution in [3.63, 3.8) is 0 Å². The van der Waals surface area contributed by atoms with Crippen molar-refractivity contribution < 1.29 is 18.8 Å². The molecule has 0 bridgehead atoms. The van der Waals surface area contributed by atoms with Crippen molar-refractivity contribution in [3.8, 4) is 0 Å². The fraction of sp³-hybridized carbons (Fsp3) is 0.310. The topological polar surface area (TPSA) is 52.6 Å². The third-order valence-electron chi connectivity index (χ3n) is 6.45. The minimum Gasteiger partial charge on any atom is -0.464 e. The van der Waals surface area contributed by atoms with Crippen molar-refractivity contribution in [3.05, 3.63) is 95.6 Å². The van der Waals surface area contributed by atoms with E-state index >= 15 is 0 Å². The second kappa shape index (κ2) is 9.69. The third kappa shape index (κ3) is 4.50. The summed E-state index contributed by atoms with van der Waals surface area (Å²) in [4.78, 5) is 27.6. The highest BCUT2D eigenvalue weighted by Gasteiger charge is 2.53. The van der Waals surface area contributed by atoms with Crippen LogP contribution in [0.3, 0.4) is 0 Å². The predicted molar refractivity (Wildman–Crippen MR) is 138 cm³/mol. The highest BCUT2D eigenvalue weighted by Crippen LogP contribution is 2.38. The van der Waals surface area contributed by atoms with Gasteiger partial charge in [0.25, 0.3) is 0 Å². The molecule has 3 aromatic carbocycles. The second-order valence-electron chi connectivity index (χ2n) is 9.78. The van der Waals surface area contributed by atoms with Gasteiger partial charge in [-0.2, -0.15) is 0 Å². The Hall–Kier alpha value is -3.02. The van der Waals surface area contributed by atoms with Crippen LogP contribution in [0.25, 0.3) is 0 Å². The molecule has 0 fully saturated rings. The molecule has 1 aliphatic rings. The van der Waals surface area contributed by atoms with Gasteiger partial charge in [-0.05, 0) is 46.7 Å². The molecule has 0 heterocycles. The van der Waals surface area contributed by atoms with Crippen molar-refractivity contribution in [2.75, 3.05) is 6.61 Å². The van der Waals surface area contributed by atoms with E-state index in [1.807, 2.05) is 72.8 Å². The number of ketones is 1. The summed E-state index contributed by atoms with van der Waals surface area (Å²) in [6, 6.07) is 25.6. The lowest BCUT2D eigenvalue weighted by Gasteiger charge is -2.39. The molecule has 5 heteroatoms. The molecule has 1 aliphatic carbocycles. The zero-order chi connectivity index (χ0) is 24.3. The number of hydrogen-bond acceptors (Lipinski definition) is 4. The summed E-state index contributed by atoms with van der Waals surface area (Å²) in [7, 11) is -2.39. The summed E-state index contributed by atoms with van der Waals surface area (Å²) in [5.41, 5.74) is 0.960. The summed E-state index contributed by atoms with van der Waals surface area (Å²) in [6.07, 6.45) is 0.853. The van der Waals surface area contributed by atoms with Gasteiger partial charge in [0.1, 0.15) is 0 Å². The van der Waals surface area contributed by atoms with Gasteiger partial charge in [-0.1, -0.05) is 99.6 Å². The number of esters is 1. The first-order valence-corrected chi connectivity index (χ1v) is 13.5. The van der Waals surface area contributed by atoms with E-state index in [2.05, 4.69) is 26.8 Å². The maximum absolute atomic E-state index is 14.1. The van der Waals surface area contributed by atoms with Gasteiger partial charge in [0, 0.05) is 5.56 Å². The fourth-order valence-corrected chi connectivity index (χ4v) is 7.32. The van der Waals surface area contributed by atoms with Crippen LogP contribution in [0, 0.1) is 0 Å². The Bertz CT molecular complexity index is 1130. The molecule has 3 aromatic rings. The van der Waals surface area contributed by atoms with E-state index in [-0.39, 0.29) is 24.2 Å². The Labute approximate surface area is 203 Å². The van der Waals surface area contributed by atoms with E-state index in [1.165, 1.54) is 0 Å². The van der Waals surface area contributed by atoms with E-state index < -0.39 is 20.6 Å². The van der Waals surface area contributed by atoms with Gasteiger partial charge < -0.3 is 9.16 Å². The monoisotopic (exact) mass is 472 g/mol. The molecule has 4 nitrogen and oxygen atoms in total. The number of benzene rings is 3. The molecule has 1 unspecified atom stereocenters. The quantitative estimate of drug-likeness (QED) is 0.310. The van der Waals surface area contributed by atoms with Gasteiger partial charge in [-0.3, -0.25) is 4.79 Å². The minimum absolute atomic E-state index is 0.109. The van der Waals surface area contributed by atoms with Crippen LogP contribution in [0.4, 0.5) is 0 Å². The van der Waals surface area contributed by atoms with Gasteiger partial charge in [-0.25, -0.2) is 4.79 Å². The molecule has 0 spiro atoms. The Kier molecular flexibility index (Phi) is 6.87. The van der Waals surface area contributed by atoms with Crippen LogP contribution in [0.5, 0.6) is 0 Å². The van der Waals surface area contributed by atoms with Crippen molar-refractivity contribution in [1.82, 2.24) is 0 Å². The molecular formula is C29H32O4Si. The van der Waals surface area contributed by atoms with Gasteiger partial charge in [0.05, 0.1) is 6.61 Å².